The summed E-state index contributed by atoms with van der Waals surface area (Å²) in [7, 11) is 2.87. The largest absolute Gasteiger partial charge is 0.345 e. The molecule has 0 rings (SSSR count). The molecule has 22 heavy (non-hydrogen) atoms. The van der Waals surface area contributed by atoms with Gasteiger partial charge in [0.25, 0.3) is 5.91 Å². The second-order valence-electron chi connectivity index (χ2n) is 6.13. The van der Waals surface area contributed by atoms with Crippen LogP contribution in [0.5, 0.6) is 0 Å². The van der Waals surface area contributed by atoms with Crippen molar-refractivity contribution in [3.63, 3.8) is 0 Å². The van der Waals surface area contributed by atoms with Gasteiger partial charge in [0.2, 0.25) is 11.8 Å². The van der Waals surface area contributed by atoms with E-state index >= 15 is 0 Å². The molecular weight excluding hydrogens is 286 g/mol. The van der Waals surface area contributed by atoms with E-state index in [1.165, 1.54) is 21.1 Å². The van der Waals surface area contributed by atoms with Crippen molar-refractivity contribution in [3.8, 4) is 0 Å². The van der Waals surface area contributed by atoms with Crippen molar-refractivity contribution < 1.29 is 19.2 Å². The summed E-state index contributed by atoms with van der Waals surface area (Å²) >= 11 is 0. The number of nitrogens with zero attached hydrogens (tertiary/aromatic N) is 1. The van der Waals surface area contributed by atoms with Gasteiger partial charge in [-0.3, -0.25) is 19.2 Å². The summed E-state index contributed by atoms with van der Waals surface area (Å²) in [6.07, 6.45) is 0.505. The highest BCUT2D eigenvalue weighted by molar-refractivity contribution is 5.91. The summed E-state index contributed by atoms with van der Waals surface area (Å²) < 4.78 is 0. The van der Waals surface area contributed by atoms with E-state index in [-0.39, 0.29) is 29.6 Å². The quantitative estimate of drug-likeness (QED) is 0.645. The second kappa shape index (κ2) is 9.40. The Bertz CT molecular complexity index is 396. The van der Waals surface area contributed by atoms with Gasteiger partial charge in [0.15, 0.2) is 0 Å². The van der Waals surface area contributed by atoms with E-state index in [0.29, 0.717) is 6.42 Å². The third-order valence-corrected chi connectivity index (χ3v) is 3.22. The van der Waals surface area contributed by atoms with Gasteiger partial charge >= 0.3 is 0 Å². The van der Waals surface area contributed by atoms with Crippen LogP contribution in [0.25, 0.3) is 0 Å². The van der Waals surface area contributed by atoms with Crippen LogP contribution in [0.2, 0.25) is 0 Å². The van der Waals surface area contributed by atoms with Gasteiger partial charge in [-0.05, 0) is 18.3 Å². The first-order valence-electron chi connectivity index (χ1n) is 7.49. The average Bonchev–Trinajstić information content (AvgIpc) is 2.40. The first kappa shape index (κ1) is 20.4. The van der Waals surface area contributed by atoms with Gasteiger partial charge in [-0.1, -0.05) is 27.7 Å². The van der Waals surface area contributed by atoms with Crippen LogP contribution in [-0.2, 0) is 19.2 Å². The van der Waals surface area contributed by atoms with Crippen molar-refractivity contribution in [3.05, 3.63) is 0 Å². The van der Waals surface area contributed by atoms with Crippen molar-refractivity contribution in [2.45, 2.75) is 53.1 Å². The molecule has 0 saturated heterocycles. The predicted molar refractivity (Wildman–Crippen MR) is 83.6 cm³/mol. The molecule has 7 heteroatoms. The molecule has 0 unspecified atom stereocenters. The summed E-state index contributed by atoms with van der Waals surface area (Å²) in [6, 6.07) is -1.36. The van der Waals surface area contributed by atoms with E-state index in [1.807, 2.05) is 27.7 Å². The smallest absolute Gasteiger partial charge is 0.268 e. The van der Waals surface area contributed by atoms with Crippen molar-refractivity contribution >= 4 is 17.7 Å². The molecule has 0 radical (unpaired) electrons. The van der Waals surface area contributed by atoms with Crippen LogP contribution in [0, 0.1) is 11.8 Å². The number of hydrogen-bond donors (Lipinski definition) is 2. The lowest BCUT2D eigenvalue weighted by atomic mass is 10.00. The number of rotatable bonds is 8. The molecule has 0 spiro atoms. The molecule has 3 amide bonds. The molecule has 0 aromatic heterocycles. The van der Waals surface area contributed by atoms with Crippen LogP contribution < -0.4 is 10.6 Å². The Labute approximate surface area is 132 Å². The van der Waals surface area contributed by atoms with Crippen molar-refractivity contribution in [1.82, 2.24) is 15.7 Å². The molecule has 0 aliphatic heterocycles. The molecule has 0 saturated carbocycles. The average molecular weight is 315 g/mol. The maximum Gasteiger partial charge on any atom is 0.268 e. The highest BCUT2D eigenvalue weighted by atomic mass is 16.7. The molecule has 7 nitrogen and oxygen atoms in total. The van der Waals surface area contributed by atoms with Crippen molar-refractivity contribution in [1.29, 1.82) is 0 Å². The fourth-order valence-corrected chi connectivity index (χ4v) is 2.00. The van der Waals surface area contributed by atoms with Gasteiger partial charge in [0.1, 0.15) is 12.1 Å². The predicted octanol–water partition coefficient (Wildman–Crippen LogP) is 0.698. The molecule has 0 bridgehead atoms. The normalized spacial score (nSPS) is 13.7. The van der Waals surface area contributed by atoms with Crippen LogP contribution in [-0.4, -0.2) is 49.0 Å². The van der Waals surface area contributed by atoms with Crippen LogP contribution in [0.1, 0.15) is 41.0 Å². The molecule has 2 atom stereocenters. The summed E-state index contributed by atoms with van der Waals surface area (Å²) in [5.41, 5.74) is 0. The van der Waals surface area contributed by atoms with Gasteiger partial charge in [-0.2, -0.15) is 0 Å². The van der Waals surface area contributed by atoms with E-state index in [9.17, 15) is 14.4 Å². The highest BCUT2D eigenvalue weighted by Crippen LogP contribution is 2.09. The topological polar surface area (TPSA) is 87.7 Å². The zero-order valence-electron chi connectivity index (χ0n) is 14.6. The van der Waals surface area contributed by atoms with Crippen LogP contribution in [0.4, 0.5) is 0 Å². The van der Waals surface area contributed by atoms with E-state index in [4.69, 9.17) is 4.84 Å². The van der Waals surface area contributed by atoms with Crippen LogP contribution in [0.3, 0.4) is 0 Å². The Balaban J connectivity index is 5.04. The standard InChI is InChI=1S/C15H29N3O4/c1-9(2)8-12(16-11(5)19)14(20)17-13(10(3)4)15(21)18(6)22-7/h9-10,12-13H,8H2,1-7H3,(H,16,19)(H,17,20)/t12-,13-/m0/s1. The number of nitrogens with one attached hydrogen (secondary N) is 2. The van der Waals surface area contributed by atoms with E-state index in [1.54, 1.807) is 0 Å². The molecule has 0 aromatic carbocycles. The lowest BCUT2D eigenvalue weighted by molar-refractivity contribution is -0.172. The lowest BCUT2D eigenvalue weighted by Crippen LogP contribution is -2.55. The van der Waals surface area contributed by atoms with Crippen molar-refractivity contribution in [2.24, 2.45) is 11.8 Å². The minimum absolute atomic E-state index is 0.105. The third-order valence-electron chi connectivity index (χ3n) is 3.22. The fraction of sp³-hybridized carbons (Fsp3) is 0.800. The number of amides is 3. The van der Waals surface area contributed by atoms with Gasteiger partial charge < -0.3 is 10.6 Å². The Hall–Kier alpha value is -1.63. The van der Waals surface area contributed by atoms with Crippen molar-refractivity contribution in [2.75, 3.05) is 14.2 Å². The summed E-state index contributed by atoms with van der Waals surface area (Å²) in [6.45, 7) is 8.96. The SMILES string of the molecule is CON(C)C(=O)[C@@H](NC(=O)[C@H](CC(C)C)NC(C)=O)C(C)C. The zero-order chi connectivity index (χ0) is 17.4. The number of likely N-dealkylation sites (N-methyl/N-ethyl adjacent to an activating group) is 1. The summed E-state index contributed by atoms with van der Waals surface area (Å²) in [5, 5.41) is 6.43. The maximum absolute atomic E-state index is 12.4. The Morgan fingerprint density at radius 3 is 2.00 bits per heavy atom. The summed E-state index contributed by atoms with van der Waals surface area (Å²) in [5.74, 6) is -0.844. The van der Waals surface area contributed by atoms with Gasteiger partial charge in [-0.25, -0.2) is 5.06 Å². The van der Waals surface area contributed by atoms with Crippen LogP contribution in [0.15, 0.2) is 0 Å². The fourth-order valence-electron chi connectivity index (χ4n) is 2.00. The molecular formula is C15H29N3O4. The Morgan fingerprint density at radius 2 is 1.64 bits per heavy atom. The molecule has 0 heterocycles. The van der Waals surface area contributed by atoms with E-state index in [2.05, 4.69) is 10.6 Å². The molecule has 0 aliphatic rings. The molecule has 0 fully saturated rings. The highest BCUT2D eigenvalue weighted by Gasteiger charge is 2.30. The number of hydroxylamine groups is 2. The third kappa shape index (κ3) is 6.89. The summed E-state index contributed by atoms with van der Waals surface area (Å²) in [4.78, 5) is 40.8. The Morgan fingerprint density at radius 1 is 1.09 bits per heavy atom. The number of carbonyl (C=O) groups excluding carboxylic acids is 3. The molecule has 2 N–H and O–H groups in total. The number of carbonyl (C=O) groups is 3. The number of hydrogen-bond acceptors (Lipinski definition) is 4. The first-order valence-corrected chi connectivity index (χ1v) is 7.49. The minimum atomic E-state index is -0.708. The second-order valence-corrected chi connectivity index (χ2v) is 6.13. The van der Waals surface area contributed by atoms with Gasteiger partial charge in [0.05, 0.1) is 7.11 Å². The van der Waals surface area contributed by atoms with E-state index < -0.39 is 12.1 Å². The first-order chi connectivity index (χ1) is 10.1. The molecule has 0 aromatic rings. The van der Waals surface area contributed by atoms with Crippen LogP contribution >= 0.6 is 0 Å². The minimum Gasteiger partial charge on any atom is -0.345 e. The lowest BCUT2D eigenvalue weighted by Gasteiger charge is -2.28. The Kier molecular flexibility index (Phi) is 8.70. The maximum atomic E-state index is 12.4. The van der Waals surface area contributed by atoms with Gasteiger partial charge in [-0.15, -0.1) is 0 Å². The molecule has 128 valence electrons. The molecule has 0 aliphatic carbocycles. The zero-order valence-corrected chi connectivity index (χ0v) is 14.6. The monoisotopic (exact) mass is 315 g/mol. The van der Waals surface area contributed by atoms with E-state index in [0.717, 1.165) is 5.06 Å². The van der Waals surface area contributed by atoms with Gasteiger partial charge in [0, 0.05) is 14.0 Å².